The molecule has 0 fully saturated rings. The van der Waals surface area contributed by atoms with E-state index in [9.17, 15) is 20.2 Å². The van der Waals surface area contributed by atoms with Gasteiger partial charge >= 0.3 is 0 Å². The van der Waals surface area contributed by atoms with Gasteiger partial charge in [0, 0.05) is 5.53 Å². The molecule has 0 aromatic heterocycles. The second kappa shape index (κ2) is 7.56. The average Bonchev–Trinajstić information content (AvgIpc) is 2.27. The van der Waals surface area contributed by atoms with E-state index in [0.717, 1.165) is 6.29 Å². The Balaban J connectivity index is 0.000000770. The van der Waals surface area contributed by atoms with Gasteiger partial charge < -0.3 is 4.79 Å². The van der Waals surface area contributed by atoms with Gasteiger partial charge in [0.2, 0.25) is 0 Å². The number of benzene rings is 1. The summed E-state index contributed by atoms with van der Waals surface area (Å²) in [6.07, 6.45) is 0.750. The van der Waals surface area contributed by atoms with Gasteiger partial charge in [0.15, 0.2) is 10.1 Å². The Labute approximate surface area is 95.9 Å². The van der Waals surface area contributed by atoms with Crippen molar-refractivity contribution in [3.05, 3.63) is 50.6 Å². The fraction of sp³-hybridized carbons (Fsp3) is 0.125. The summed E-state index contributed by atoms with van der Waals surface area (Å²) in [6, 6.07) is 7.47. The van der Waals surface area contributed by atoms with Crippen LogP contribution in [0.25, 0.3) is 0 Å². The van der Waals surface area contributed by atoms with Crippen molar-refractivity contribution in [3.63, 3.8) is 0 Å². The molecule has 0 heterocycles. The molecule has 1 aromatic carbocycles. The normalized spacial score (nSPS) is 8.29. The molecule has 0 aliphatic heterocycles. The third-order valence-corrected chi connectivity index (χ3v) is 1.34. The second-order valence-electron chi connectivity index (χ2n) is 2.48. The Morgan fingerprint density at radius 1 is 1.24 bits per heavy atom. The minimum absolute atomic E-state index is 0.0780. The molecule has 1 aromatic rings. The van der Waals surface area contributed by atoms with Crippen LogP contribution >= 0.6 is 0 Å². The van der Waals surface area contributed by atoms with Gasteiger partial charge in [-0.3, -0.25) is 0 Å². The standard InChI is InChI=1S/C6H6N4O4.C2H4O/c11-9(12)7-8(10(13)14)6-4-2-1-3-5-6;1-2-3/h1-5,7H;2H,1H3. The van der Waals surface area contributed by atoms with E-state index in [4.69, 9.17) is 4.79 Å². The number of anilines is 1. The molecule has 9 heteroatoms. The molecular weight excluding hydrogens is 232 g/mol. The van der Waals surface area contributed by atoms with Crippen molar-refractivity contribution in [2.24, 2.45) is 0 Å². The van der Waals surface area contributed by atoms with Crippen LogP contribution in [0.5, 0.6) is 0 Å². The Hall–Kier alpha value is -2.71. The Kier molecular flexibility index (Phi) is 6.36. The van der Waals surface area contributed by atoms with Gasteiger partial charge in [0.1, 0.15) is 12.0 Å². The zero-order chi connectivity index (χ0) is 13.3. The van der Waals surface area contributed by atoms with Crippen LogP contribution in [0.1, 0.15) is 6.92 Å². The summed E-state index contributed by atoms with van der Waals surface area (Å²) in [7, 11) is 0. The summed E-state index contributed by atoms with van der Waals surface area (Å²) >= 11 is 0. The molecular formula is C8H10N4O5. The number of rotatable bonds is 4. The molecule has 1 N–H and O–H groups in total. The number of nitro groups is 2. The molecule has 0 saturated carbocycles. The van der Waals surface area contributed by atoms with Crippen LogP contribution in [-0.2, 0) is 4.79 Å². The number of para-hydroxylation sites is 1. The maximum absolute atomic E-state index is 10.4. The Bertz CT molecular complexity index is 383. The zero-order valence-corrected chi connectivity index (χ0v) is 8.85. The first-order valence-electron chi connectivity index (χ1n) is 4.32. The van der Waals surface area contributed by atoms with Crippen molar-refractivity contribution in [2.75, 3.05) is 5.12 Å². The predicted molar refractivity (Wildman–Crippen MR) is 57.8 cm³/mol. The van der Waals surface area contributed by atoms with Gasteiger partial charge in [-0.1, -0.05) is 18.2 Å². The van der Waals surface area contributed by atoms with Gasteiger partial charge in [-0.15, -0.1) is 0 Å². The smallest absolute Gasteiger partial charge is 0.190 e. The zero-order valence-electron chi connectivity index (χ0n) is 8.85. The highest BCUT2D eigenvalue weighted by Crippen LogP contribution is 2.10. The highest BCUT2D eigenvalue weighted by molar-refractivity contribution is 5.44. The van der Waals surface area contributed by atoms with Crippen LogP contribution in [0.3, 0.4) is 0 Å². The Morgan fingerprint density at radius 3 is 2.06 bits per heavy atom. The third-order valence-electron chi connectivity index (χ3n) is 1.34. The largest absolute Gasteiger partial charge is 0.304 e. The summed E-state index contributed by atoms with van der Waals surface area (Å²) in [5.74, 6) is 0. The molecule has 0 radical (unpaired) electrons. The molecule has 0 aliphatic carbocycles. The van der Waals surface area contributed by atoms with Crippen LogP contribution in [0, 0.1) is 20.2 Å². The van der Waals surface area contributed by atoms with Crippen molar-refractivity contribution in [1.82, 2.24) is 5.53 Å². The van der Waals surface area contributed by atoms with E-state index in [-0.39, 0.29) is 10.8 Å². The lowest BCUT2D eigenvalue weighted by Gasteiger charge is -2.08. The molecule has 0 bridgehead atoms. The first kappa shape index (κ1) is 14.3. The van der Waals surface area contributed by atoms with Crippen molar-refractivity contribution >= 4 is 12.0 Å². The van der Waals surface area contributed by atoms with Gasteiger partial charge in [-0.25, -0.2) is 20.2 Å². The lowest BCUT2D eigenvalue weighted by molar-refractivity contribution is -0.620. The third kappa shape index (κ3) is 5.67. The molecule has 92 valence electrons. The number of hydrogen-bond donors (Lipinski definition) is 1. The Morgan fingerprint density at radius 2 is 1.71 bits per heavy atom. The van der Waals surface area contributed by atoms with Gasteiger partial charge in [-0.2, -0.15) is 0 Å². The van der Waals surface area contributed by atoms with Crippen LogP contribution < -0.4 is 10.7 Å². The molecule has 0 atom stereocenters. The van der Waals surface area contributed by atoms with Gasteiger partial charge in [-0.05, 0) is 19.1 Å². The van der Waals surface area contributed by atoms with E-state index in [0.29, 0.717) is 0 Å². The fourth-order valence-corrected chi connectivity index (χ4v) is 0.835. The van der Waals surface area contributed by atoms with Gasteiger partial charge in [0.25, 0.3) is 0 Å². The fourth-order valence-electron chi connectivity index (χ4n) is 0.835. The SMILES string of the molecule is CC=O.O=[N+]([O-])NN(c1ccccc1)[N+](=O)[O-]. The minimum Gasteiger partial charge on any atom is -0.304 e. The number of aldehydes is 1. The maximum atomic E-state index is 10.4. The van der Waals surface area contributed by atoms with Crippen molar-refractivity contribution in [1.29, 1.82) is 0 Å². The summed E-state index contributed by atoms with van der Waals surface area (Å²) in [5, 5.41) is 18.7. The first-order valence-corrected chi connectivity index (χ1v) is 4.32. The van der Waals surface area contributed by atoms with E-state index in [2.05, 4.69) is 0 Å². The van der Waals surface area contributed by atoms with Gasteiger partial charge in [0.05, 0.1) is 5.12 Å². The quantitative estimate of drug-likeness (QED) is 0.466. The first-order chi connectivity index (χ1) is 8.02. The van der Waals surface area contributed by atoms with E-state index < -0.39 is 10.1 Å². The van der Waals surface area contributed by atoms with E-state index in [1.54, 1.807) is 6.07 Å². The van der Waals surface area contributed by atoms with E-state index in [1.807, 2.05) is 0 Å². The number of carbonyl (C=O) groups is 1. The molecule has 0 amide bonds. The molecule has 9 nitrogen and oxygen atoms in total. The molecule has 17 heavy (non-hydrogen) atoms. The van der Waals surface area contributed by atoms with E-state index >= 15 is 0 Å². The monoisotopic (exact) mass is 242 g/mol. The topological polar surface area (TPSA) is 119 Å². The van der Waals surface area contributed by atoms with Crippen LogP contribution in [-0.4, -0.2) is 16.4 Å². The number of nitrogens with zero attached hydrogens (tertiary/aromatic N) is 3. The summed E-state index contributed by atoms with van der Waals surface area (Å²) in [4.78, 5) is 29.2. The number of hydrazine groups is 3. The number of hydrogen-bond acceptors (Lipinski definition) is 5. The second-order valence-corrected chi connectivity index (χ2v) is 2.48. The van der Waals surface area contributed by atoms with Crippen molar-refractivity contribution < 1.29 is 14.9 Å². The van der Waals surface area contributed by atoms with Crippen molar-refractivity contribution in [2.45, 2.75) is 6.92 Å². The molecule has 0 aliphatic rings. The average molecular weight is 242 g/mol. The van der Waals surface area contributed by atoms with Crippen LogP contribution in [0.4, 0.5) is 5.69 Å². The lowest BCUT2D eigenvalue weighted by atomic mass is 10.3. The van der Waals surface area contributed by atoms with Crippen LogP contribution in [0.2, 0.25) is 0 Å². The summed E-state index contributed by atoms with van der Waals surface area (Å²) in [5.41, 5.74) is 1.53. The van der Waals surface area contributed by atoms with E-state index in [1.165, 1.54) is 36.7 Å². The van der Waals surface area contributed by atoms with Crippen LogP contribution in [0.15, 0.2) is 30.3 Å². The molecule has 0 spiro atoms. The molecule has 0 unspecified atom stereocenters. The minimum atomic E-state index is -1.00. The highest BCUT2D eigenvalue weighted by Gasteiger charge is 2.21. The number of nitrogens with one attached hydrogen (secondary N) is 1. The highest BCUT2D eigenvalue weighted by atomic mass is 16.7. The molecule has 0 saturated heterocycles. The lowest BCUT2D eigenvalue weighted by Crippen LogP contribution is -2.45. The van der Waals surface area contributed by atoms with Crippen molar-refractivity contribution in [3.8, 4) is 0 Å². The predicted octanol–water partition coefficient (Wildman–Crippen LogP) is 0.586. The summed E-state index contributed by atoms with van der Waals surface area (Å²) < 4.78 is 0. The summed E-state index contributed by atoms with van der Waals surface area (Å²) in [6.45, 7) is 1.44. The maximum Gasteiger partial charge on any atom is 0.190 e. The number of carbonyl (C=O) groups excluding carboxylic acids is 1. The molecule has 1 rings (SSSR count).